The van der Waals surface area contributed by atoms with E-state index in [4.69, 9.17) is 4.74 Å². The van der Waals surface area contributed by atoms with Gasteiger partial charge in [0.05, 0.1) is 0 Å². The minimum atomic E-state index is 0.241. The first-order valence-corrected chi connectivity index (χ1v) is 8.02. The van der Waals surface area contributed by atoms with Crippen LogP contribution in [0.2, 0.25) is 0 Å². The van der Waals surface area contributed by atoms with Gasteiger partial charge in [0.2, 0.25) is 0 Å². The minimum absolute atomic E-state index is 0.241. The number of benzene rings is 2. The van der Waals surface area contributed by atoms with Gasteiger partial charge in [-0.15, -0.1) is 0 Å². The van der Waals surface area contributed by atoms with Crippen molar-refractivity contribution in [1.82, 2.24) is 5.32 Å². The molecule has 2 nitrogen and oxygen atoms in total. The Morgan fingerprint density at radius 1 is 1.10 bits per heavy atom. The molecule has 0 amide bonds. The van der Waals surface area contributed by atoms with Crippen molar-refractivity contribution in [2.45, 2.75) is 19.6 Å². The summed E-state index contributed by atoms with van der Waals surface area (Å²) in [5, 5.41) is 3.25. The molecule has 1 atom stereocenters. The minimum Gasteiger partial charge on any atom is -0.489 e. The van der Waals surface area contributed by atoms with Crippen LogP contribution >= 0.6 is 31.9 Å². The molecule has 106 valence electrons. The van der Waals surface area contributed by atoms with E-state index in [0.717, 1.165) is 25.8 Å². The van der Waals surface area contributed by atoms with Gasteiger partial charge in [0.1, 0.15) is 12.4 Å². The third kappa shape index (κ3) is 4.08. The van der Waals surface area contributed by atoms with Crippen molar-refractivity contribution in [1.29, 1.82) is 0 Å². The van der Waals surface area contributed by atoms with E-state index in [1.807, 2.05) is 31.3 Å². The van der Waals surface area contributed by atoms with Gasteiger partial charge >= 0.3 is 0 Å². The number of rotatable bonds is 5. The summed E-state index contributed by atoms with van der Waals surface area (Å²) in [6.07, 6.45) is 0. The first kappa shape index (κ1) is 15.5. The first-order chi connectivity index (χ1) is 9.60. The van der Waals surface area contributed by atoms with Crippen molar-refractivity contribution in [2.24, 2.45) is 0 Å². The predicted octanol–water partition coefficient (Wildman–Crippen LogP) is 5.07. The quantitative estimate of drug-likeness (QED) is 0.758. The summed E-state index contributed by atoms with van der Waals surface area (Å²) >= 11 is 6.98. The molecule has 0 radical (unpaired) electrons. The van der Waals surface area contributed by atoms with Gasteiger partial charge in [0.15, 0.2) is 0 Å². The molecule has 2 aromatic rings. The molecule has 0 aromatic heterocycles. The Balaban J connectivity index is 2.16. The lowest BCUT2D eigenvalue weighted by Gasteiger charge is -2.17. The van der Waals surface area contributed by atoms with Crippen molar-refractivity contribution in [3.8, 4) is 5.75 Å². The molecule has 2 aromatic carbocycles. The summed E-state index contributed by atoms with van der Waals surface area (Å²) in [6.45, 7) is 2.68. The summed E-state index contributed by atoms with van der Waals surface area (Å²) in [5.41, 5.74) is 2.29. The van der Waals surface area contributed by atoms with Gasteiger partial charge in [-0.2, -0.15) is 0 Å². The van der Waals surface area contributed by atoms with E-state index < -0.39 is 0 Å². The van der Waals surface area contributed by atoms with Crippen LogP contribution in [0, 0.1) is 0 Å². The van der Waals surface area contributed by atoms with Crippen LogP contribution < -0.4 is 10.1 Å². The van der Waals surface area contributed by atoms with Gasteiger partial charge in [-0.25, -0.2) is 0 Å². The predicted molar refractivity (Wildman–Crippen MR) is 90.1 cm³/mol. The van der Waals surface area contributed by atoms with Crippen molar-refractivity contribution < 1.29 is 4.74 Å². The average Bonchev–Trinajstić information content (AvgIpc) is 2.45. The van der Waals surface area contributed by atoms with E-state index in [0.29, 0.717) is 6.61 Å². The van der Waals surface area contributed by atoms with E-state index in [1.165, 1.54) is 0 Å². The third-order valence-electron chi connectivity index (χ3n) is 3.15. The molecule has 2 rings (SSSR count). The van der Waals surface area contributed by atoms with Crippen molar-refractivity contribution in [2.75, 3.05) is 7.05 Å². The smallest absolute Gasteiger partial charge is 0.124 e. The van der Waals surface area contributed by atoms with Crippen molar-refractivity contribution >= 4 is 31.9 Å². The lowest BCUT2D eigenvalue weighted by atomic mass is 10.1. The fourth-order valence-corrected chi connectivity index (χ4v) is 2.76. The largest absolute Gasteiger partial charge is 0.489 e. The third-order valence-corrected chi connectivity index (χ3v) is 4.14. The number of hydrogen-bond acceptors (Lipinski definition) is 2. The molecule has 0 saturated carbocycles. The van der Waals surface area contributed by atoms with Crippen molar-refractivity contribution in [3.05, 3.63) is 62.5 Å². The second-order valence-electron chi connectivity index (χ2n) is 4.61. The van der Waals surface area contributed by atoms with Gasteiger partial charge in [-0.3, -0.25) is 0 Å². The van der Waals surface area contributed by atoms with Crippen LogP contribution in [0.15, 0.2) is 51.4 Å². The molecule has 0 fully saturated rings. The SMILES string of the molecule is CNC(C)c1cc(Br)ccc1OCc1cccc(Br)c1. The average molecular weight is 399 g/mol. The first-order valence-electron chi connectivity index (χ1n) is 6.44. The maximum atomic E-state index is 5.97. The van der Waals surface area contributed by atoms with E-state index in [9.17, 15) is 0 Å². The zero-order valence-corrected chi connectivity index (χ0v) is 14.7. The Kier molecular flexibility index (Phi) is 5.64. The highest BCUT2D eigenvalue weighted by Gasteiger charge is 2.11. The molecule has 0 aliphatic heterocycles. The summed E-state index contributed by atoms with van der Waals surface area (Å²) in [7, 11) is 1.95. The van der Waals surface area contributed by atoms with Gasteiger partial charge in [0, 0.05) is 20.6 Å². The van der Waals surface area contributed by atoms with Crippen LogP contribution in [0.4, 0.5) is 0 Å². The molecular weight excluding hydrogens is 382 g/mol. The Hall–Kier alpha value is -0.840. The summed E-state index contributed by atoms with van der Waals surface area (Å²) in [6, 6.07) is 14.5. The van der Waals surface area contributed by atoms with E-state index in [1.54, 1.807) is 0 Å². The van der Waals surface area contributed by atoms with Gasteiger partial charge < -0.3 is 10.1 Å². The van der Waals surface area contributed by atoms with Crippen LogP contribution in [-0.2, 0) is 6.61 Å². The fraction of sp³-hybridized carbons (Fsp3) is 0.250. The Bertz CT molecular complexity index is 586. The Labute approximate surface area is 136 Å². The topological polar surface area (TPSA) is 21.3 Å². The monoisotopic (exact) mass is 397 g/mol. The number of halogens is 2. The molecule has 0 saturated heterocycles. The molecule has 0 spiro atoms. The summed E-state index contributed by atoms with van der Waals surface area (Å²) in [4.78, 5) is 0. The zero-order chi connectivity index (χ0) is 14.5. The molecule has 0 aliphatic rings. The molecule has 1 N–H and O–H groups in total. The standard InChI is InChI=1S/C16H17Br2NO/c1-11(19-2)15-9-14(18)6-7-16(15)20-10-12-4-3-5-13(17)8-12/h3-9,11,19H,10H2,1-2H3. The summed E-state index contributed by atoms with van der Waals surface area (Å²) < 4.78 is 8.10. The molecule has 1 unspecified atom stereocenters. The zero-order valence-electron chi connectivity index (χ0n) is 11.5. The molecular formula is C16H17Br2NO. The Morgan fingerprint density at radius 3 is 2.55 bits per heavy atom. The second-order valence-corrected chi connectivity index (χ2v) is 6.44. The van der Waals surface area contributed by atoms with Crippen LogP contribution in [0.1, 0.15) is 24.1 Å². The highest BCUT2D eigenvalue weighted by Crippen LogP contribution is 2.29. The van der Waals surface area contributed by atoms with Gasteiger partial charge in [0.25, 0.3) is 0 Å². The number of nitrogens with one attached hydrogen (secondary N) is 1. The second kappa shape index (κ2) is 7.25. The number of hydrogen-bond donors (Lipinski definition) is 1. The molecule has 0 aliphatic carbocycles. The highest BCUT2D eigenvalue weighted by molar-refractivity contribution is 9.10. The molecule has 0 bridgehead atoms. The lowest BCUT2D eigenvalue weighted by Crippen LogP contribution is -2.13. The highest BCUT2D eigenvalue weighted by atomic mass is 79.9. The van der Waals surface area contributed by atoms with Gasteiger partial charge in [-0.1, -0.05) is 44.0 Å². The van der Waals surface area contributed by atoms with Crippen LogP contribution in [-0.4, -0.2) is 7.05 Å². The molecule has 20 heavy (non-hydrogen) atoms. The normalized spacial score (nSPS) is 12.2. The number of ether oxygens (including phenoxy) is 1. The van der Waals surface area contributed by atoms with Crippen LogP contribution in [0.5, 0.6) is 5.75 Å². The maximum absolute atomic E-state index is 5.97. The van der Waals surface area contributed by atoms with Crippen LogP contribution in [0.25, 0.3) is 0 Å². The maximum Gasteiger partial charge on any atom is 0.124 e. The van der Waals surface area contributed by atoms with E-state index in [-0.39, 0.29) is 6.04 Å². The molecule has 4 heteroatoms. The lowest BCUT2D eigenvalue weighted by molar-refractivity contribution is 0.300. The fourth-order valence-electron chi connectivity index (χ4n) is 1.93. The Morgan fingerprint density at radius 2 is 1.85 bits per heavy atom. The van der Waals surface area contributed by atoms with Gasteiger partial charge in [-0.05, 0) is 49.9 Å². The van der Waals surface area contributed by atoms with E-state index in [2.05, 4.69) is 62.3 Å². The summed E-state index contributed by atoms with van der Waals surface area (Å²) in [5.74, 6) is 0.912. The van der Waals surface area contributed by atoms with Crippen molar-refractivity contribution in [3.63, 3.8) is 0 Å². The molecule has 0 heterocycles. The van der Waals surface area contributed by atoms with Crippen LogP contribution in [0.3, 0.4) is 0 Å². The van der Waals surface area contributed by atoms with E-state index >= 15 is 0 Å².